The number of methoxy groups -OCH3 is 1. The Morgan fingerprint density at radius 3 is 2.50 bits per heavy atom. The number of nitriles is 1. The molecule has 0 aromatic heterocycles. The Morgan fingerprint density at radius 1 is 1.44 bits per heavy atom. The van der Waals surface area contributed by atoms with Crippen molar-refractivity contribution in [2.45, 2.75) is 6.42 Å². The fourth-order valence-corrected chi connectivity index (χ4v) is 1.38. The molecule has 0 unspecified atom stereocenters. The topological polar surface area (TPSA) is 50.1 Å². The van der Waals surface area contributed by atoms with Crippen LogP contribution in [-0.2, 0) is 11.2 Å². The summed E-state index contributed by atoms with van der Waals surface area (Å²) in [6, 6.07) is 4.90. The molecule has 3 nitrogen and oxygen atoms in total. The van der Waals surface area contributed by atoms with Crippen molar-refractivity contribution >= 4 is 18.4 Å². The molecule has 0 aliphatic carbocycles. The van der Waals surface area contributed by atoms with Gasteiger partial charge in [0.15, 0.2) is 0 Å². The molecule has 0 amide bonds. The molecule has 0 radical (unpaired) electrons. The van der Waals surface area contributed by atoms with E-state index in [1.807, 2.05) is 0 Å². The smallest absolute Gasteiger partial charge is 0.465 e. The van der Waals surface area contributed by atoms with Gasteiger partial charge in [0, 0.05) is 5.56 Å². The standard InChI is InChI=1S/C10H8BF3NO2.K/c1-17-10(16)8-3-2-7(4-5-15)6-9(8)11(12,13)14;/h2-3,6H,4H2,1H3;/q-1;+1. The van der Waals surface area contributed by atoms with Crippen LogP contribution >= 0.6 is 0 Å². The van der Waals surface area contributed by atoms with Gasteiger partial charge in [-0.05, 0) is 5.56 Å². The molecule has 0 aliphatic rings. The third kappa shape index (κ3) is 4.41. The first-order chi connectivity index (χ1) is 7.90. The summed E-state index contributed by atoms with van der Waals surface area (Å²) in [5, 5.41) is 8.42. The Morgan fingerprint density at radius 2 is 2.06 bits per heavy atom. The molecule has 0 saturated heterocycles. The van der Waals surface area contributed by atoms with Crippen LogP contribution in [-0.4, -0.2) is 20.1 Å². The second-order valence-corrected chi connectivity index (χ2v) is 3.32. The molecule has 0 fully saturated rings. The molecule has 90 valence electrons. The van der Waals surface area contributed by atoms with E-state index in [1.54, 1.807) is 6.07 Å². The van der Waals surface area contributed by atoms with Crippen LogP contribution in [0.5, 0.6) is 0 Å². The number of halogens is 3. The van der Waals surface area contributed by atoms with Crippen molar-refractivity contribution in [3.63, 3.8) is 0 Å². The number of hydrogen-bond acceptors (Lipinski definition) is 3. The first-order valence-electron chi connectivity index (χ1n) is 4.68. The summed E-state index contributed by atoms with van der Waals surface area (Å²) in [5.41, 5.74) is -1.33. The molecule has 0 N–H and O–H groups in total. The average Bonchev–Trinajstić information content (AvgIpc) is 2.27. The maximum absolute atomic E-state index is 12.7. The van der Waals surface area contributed by atoms with Gasteiger partial charge >= 0.3 is 64.3 Å². The van der Waals surface area contributed by atoms with Gasteiger partial charge in [-0.15, -0.1) is 0 Å². The number of benzene rings is 1. The molecule has 1 rings (SSSR count). The third-order valence-corrected chi connectivity index (χ3v) is 2.16. The minimum atomic E-state index is -5.32. The van der Waals surface area contributed by atoms with Crippen LogP contribution in [0.25, 0.3) is 0 Å². The van der Waals surface area contributed by atoms with Crippen LogP contribution < -0.4 is 56.8 Å². The first kappa shape index (κ1) is 17.7. The van der Waals surface area contributed by atoms with E-state index < -0.39 is 24.0 Å². The van der Waals surface area contributed by atoms with E-state index in [1.165, 1.54) is 6.07 Å². The van der Waals surface area contributed by atoms with Crippen LogP contribution in [0.2, 0.25) is 0 Å². The molecule has 0 aliphatic heterocycles. The molecule has 0 heterocycles. The minimum absolute atomic E-state index is 0. The van der Waals surface area contributed by atoms with Crippen molar-refractivity contribution in [2.75, 3.05) is 7.11 Å². The molecule has 1 aromatic rings. The van der Waals surface area contributed by atoms with Gasteiger partial charge < -0.3 is 17.7 Å². The van der Waals surface area contributed by atoms with Crippen LogP contribution in [0, 0.1) is 11.3 Å². The molecule has 18 heavy (non-hydrogen) atoms. The van der Waals surface area contributed by atoms with E-state index in [-0.39, 0.29) is 63.4 Å². The predicted octanol–water partition coefficient (Wildman–Crippen LogP) is -1.40. The van der Waals surface area contributed by atoms with Crippen molar-refractivity contribution in [1.82, 2.24) is 0 Å². The van der Waals surface area contributed by atoms with E-state index in [4.69, 9.17) is 5.26 Å². The van der Waals surface area contributed by atoms with Crippen molar-refractivity contribution in [3.05, 3.63) is 29.3 Å². The summed E-state index contributed by atoms with van der Waals surface area (Å²) < 4.78 is 42.5. The molecule has 0 bridgehead atoms. The van der Waals surface area contributed by atoms with Crippen molar-refractivity contribution in [2.24, 2.45) is 0 Å². The van der Waals surface area contributed by atoms with Gasteiger partial charge in [0.2, 0.25) is 0 Å². The predicted molar refractivity (Wildman–Crippen MR) is 55.8 cm³/mol. The second-order valence-electron chi connectivity index (χ2n) is 3.32. The van der Waals surface area contributed by atoms with E-state index in [2.05, 4.69) is 4.74 Å². The number of carbonyl (C=O) groups excluding carboxylic acids is 1. The average molecular weight is 281 g/mol. The van der Waals surface area contributed by atoms with Crippen molar-refractivity contribution < 1.29 is 73.9 Å². The van der Waals surface area contributed by atoms with Gasteiger partial charge in [-0.2, -0.15) is 5.26 Å². The summed E-state index contributed by atoms with van der Waals surface area (Å²) in [6.45, 7) is -5.32. The zero-order valence-electron chi connectivity index (χ0n) is 9.91. The quantitative estimate of drug-likeness (QED) is 0.505. The summed E-state index contributed by atoms with van der Waals surface area (Å²) in [5.74, 6) is -1.04. The Hall–Kier alpha value is -0.329. The SMILES string of the molecule is COC(=O)c1ccc(CC#N)cc1[B-](F)(F)F.[K+]. The molecular formula is C10H8BF3KNO2. The summed E-state index contributed by atoms with van der Waals surface area (Å²) in [7, 11) is 1.01. The van der Waals surface area contributed by atoms with Crippen LogP contribution in [0.3, 0.4) is 0 Å². The number of esters is 1. The van der Waals surface area contributed by atoms with Crippen molar-refractivity contribution in [1.29, 1.82) is 5.26 Å². The number of nitrogens with zero attached hydrogens (tertiary/aromatic N) is 1. The monoisotopic (exact) mass is 281 g/mol. The normalized spacial score (nSPS) is 10.2. The fourth-order valence-electron chi connectivity index (χ4n) is 1.38. The Bertz CT molecular complexity index is 485. The molecule has 0 spiro atoms. The molecule has 1 aromatic carbocycles. The van der Waals surface area contributed by atoms with E-state index in [0.717, 1.165) is 19.2 Å². The summed E-state index contributed by atoms with van der Waals surface area (Å²) in [4.78, 5) is 11.2. The van der Waals surface area contributed by atoms with Gasteiger partial charge in [-0.1, -0.05) is 23.7 Å². The Kier molecular flexibility index (Phi) is 7.17. The van der Waals surface area contributed by atoms with Gasteiger partial charge in [-0.3, -0.25) is 0 Å². The Labute approximate surface area is 145 Å². The van der Waals surface area contributed by atoms with Gasteiger partial charge in [0.25, 0.3) is 0 Å². The fraction of sp³-hybridized carbons (Fsp3) is 0.200. The number of hydrogen-bond donors (Lipinski definition) is 0. The molecule has 0 atom stereocenters. The number of carbonyl (C=O) groups is 1. The molecule has 8 heteroatoms. The summed E-state index contributed by atoms with van der Waals surface area (Å²) in [6.07, 6.45) is -0.138. The minimum Gasteiger partial charge on any atom is -0.465 e. The maximum atomic E-state index is 12.7. The van der Waals surface area contributed by atoms with Gasteiger partial charge in [0.05, 0.1) is 19.6 Å². The van der Waals surface area contributed by atoms with E-state index >= 15 is 0 Å². The van der Waals surface area contributed by atoms with E-state index in [9.17, 15) is 17.7 Å². The van der Waals surface area contributed by atoms with Crippen LogP contribution in [0.4, 0.5) is 12.9 Å². The Balaban J connectivity index is 0.00000289. The second kappa shape index (κ2) is 7.31. The van der Waals surface area contributed by atoms with Gasteiger partial charge in [0.1, 0.15) is 0 Å². The van der Waals surface area contributed by atoms with Crippen molar-refractivity contribution in [3.8, 4) is 6.07 Å². The first-order valence-corrected chi connectivity index (χ1v) is 4.68. The molecular weight excluding hydrogens is 273 g/mol. The van der Waals surface area contributed by atoms with Gasteiger partial charge in [-0.25, -0.2) is 4.79 Å². The van der Waals surface area contributed by atoms with E-state index in [0.29, 0.717) is 0 Å². The zero-order valence-corrected chi connectivity index (χ0v) is 13.0. The number of ether oxygens (including phenoxy) is 1. The zero-order chi connectivity index (χ0) is 13.1. The largest absolute Gasteiger partial charge is 1.00 e. The number of rotatable bonds is 3. The van der Waals surface area contributed by atoms with Crippen LogP contribution in [0.1, 0.15) is 15.9 Å². The molecule has 0 saturated carbocycles. The maximum Gasteiger partial charge on any atom is 1.00 e. The summed E-state index contributed by atoms with van der Waals surface area (Å²) >= 11 is 0. The van der Waals surface area contributed by atoms with Crippen LogP contribution in [0.15, 0.2) is 18.2 Å². The third-order valence-electron chi connectivity index (χ3n) is 2.16.